The van der Waals surface area contributed by atoms with E-state index >= 15 is 0 Å². The largest absolute Gasteiger partial charge is 1.00 e. The van der Waals surface area contributed by atoms with Gasteiger partial charge in [0.1, 0.15) is 11.9 Å². The predicted octanol–water partition coefficient (Wildman–Crippen LogP) is 0.468. The first-order chi connectivity index (χ1) is 11.8. The first-order valence-electron chi connectivity index (χ1n) is 7.86. The quantitative estimate of drug-likeness (QED) is 0.410. The lowest BCUT2D eigenvalue weighted by atomic mass is 10.1. The van der Waals surface area contributed by atoms with Crippen LogP contribution in [-0.2, 0) is 0 Å². The Hall–Kier alpha value is -2.93. The summed E-state index contributed by atoms with van der Waals surface area (Å²) in [6, 6.07) is 8.93. The van der Waals surface area contributed by atoms with Crippen LogP contribution in [0.25, 0.3) is 5.65 Å². The second-order valence-corrected chi connectivity index (χ2v) is 6.05. The van der Waals surface area contributed by atoms with E-state index in [-0.39, 0.29) is 24.0 Å². The van der Waals surface area contributed by atoms with E-state index in [9.17, 15) is 14.9 Å². The van der Waals surface area contributed by atoms with Gasteiger partial charge in [-0.15, -0.1) is 0 Å². The third-order valence-corrected chi connectivity index (χ3v) is 4.31. The number of rotatable bonds is 3. The first-order valence-corrected chi connectivity index (χ1v) is 7.86. The SMILES string of the molecule is CC(=O)n1c(C)c(Nc2c(C)cccc2C)[n+]2cc([N+](=O)[O-])ccc12.[Cl-]. The molecule has 26 heavy (non-hydrogen) atoms. The number of anilines is 2. The van der Waals surface area contributed by atoms with Crippen LogP contribution in [0.2, 0.25) is 0 Å². The third-order valence-electron chi connectivity index (χ3n) is 4.31. The molecule has 0 radical (unpaired) electrons. The molecule has 2 aromatic heterocycles. The Morgan fingerprint density at radius 3 is 2.31 bits per heavy atom. The zero-order valence-electron chi connectivity index (χ0n) is 14.9. The first kappa shape index (κ1) is 19.4. The topological polar surface area (TPSA) is 81.3 Å². The van der Waals surface area contributed by atoms with E-state index in [1.54, 1.807) is 15.0 Å². The van der Waals surface area contributed by atoms with Gasteiger partial charge in [0.25, 0.3) is 11.7 Å². The number of halogens is 1. The number of aromatic nitrogens is 2. The average molecular weight is 375 g/mol. The fourth-order valence-corrected chi connectivity index (χ4v) is 3.08. The maximum absolute atomic E-state index is 12.1. The minimum Gasteiger partial charge on any atom is -1.00 e. The van der Waals surface area contributed by atoms with Crippen LogP contribution in [0.3, 0.4) is 0 Å². The van der Waals surface area contributed by atoms with Gasteiger partial charge in [-0.3, -0.25) is 20.2 Å². The van der Waals surface area contributed by atoms with Crippen LogP contribution in [0.15, 0.2) is 36.5 Å². The van der Waals surface area contributed by atoms with E-state index < -0.39 is 4.92 Å². The van der Waals surface area contributed by atoms with Gasteiger partial charge in [0, 0.05) is 19.1 Å². The number of hydrogen-bond acceptors (Lipinski definition) is 4. The maximum atomic E-state index is 12.1. The van der Waals surface area contributed by atoms with Crippen molar-refractivity contribution in [3.8, 4) is 0 Å². The van der Waals surface area contributed by atoms with Crippen molar-refractivity contribution in [1.29, 1.82) is 0 Å². The van der Waals surface area contributed by atoms with E-state index in [1.165, 1.54) is 19.2 Å². The van der Waals surface area contributed by atoms with Crippen LogP contribution in [0.5, 0.6) is 0 Å². The van der Waals surface area contributed by atoms with E-state index in [4.69, 9.17) is 0 Å². The van der Waals surface area contributed by atoms with Gasteiger partial charge in [0.2, 0.25) is 5.65 Å². The number of nitrogens with one attached hydrogen (secondary N) is 1. The molecular formula is C18H19ClN4O3. The molecule has 1 N–H and O–H groups in total. The summed E-state index contributed by atoms with van der Waals surface area (Å²) in [6.45, 7) is 7.26. The smallest absolute Gasteiger partial charge is 0.301 e. The molecule has 0 atom stereocenters. The minimum atomic E-state index is -0.449. The lowest BCUT2D eigenvalue weighted by Gasteiger charge is -2.08. The molecule has 0 saturated heterocycles. The van der Waals surface area contributed by atoms with Gasteiger partial charge < -0.3 is 12.4 Å². The van der Waals surface area contributed by atoms with Crippen molar-refractivity contribution in [1.82, 2.24) is 4.57 Å². The lowest BCUT2D eigenvalue weighted by Crippen LogP contribution is -3.00. The summed E-state index contributed by atoms with van der Waals surface area (Å²) in [6.07, 6.45) is 1.43. The second-order valence-electron chi connectivity index (χ2n) is 6.05. The molecule has 2 heterocycles. The normalized spacial score (nSPS) is 10.5. The van der Waals surface area contributed by atoms with E-state index in [0.717, 1.165) is 16.8 Å². The number of carbonyl (C=O) groups is 1. The predicted molar refractivity (Wildman–Crippen MR) is 94.5 cm³/mol. The second kappa shape index (κ2) is 7.13. The zero-order valence-corrected chi connectivity index (χ0v) is 15.7. The Labute approximate surface area is 156 Å². The zero-order chi connectivity index (χ0) is 18.3. The average Bonchev–Trinajstić information content (AvgIpc) is 2.82. The number of aryl methyl sites for hydroxylation is 2. The Morgan fingerprint density at radius 1 is 1.15 bits per heavy atom. The monoisotopic (exact) mass is 374 g/mol. The van der Waals surface area contributed by atoms with E-state index in [1.807, 2.05) is 39.0 Å². The molecule has 1 aromatic carbocycles. The Morgan fingerprint density at radius 2 is 1.77 bits per heavy atom. The highest BCUT2D eigenvalue weighted by atomic mass is 35.5. The molecule has 3 rings (SSSR count). The van der Waals surface area contributed by atoms with Gasteiger partial charge >= 0.3 is 5.69 Å². The van der Waals surface area contributed by atoms with E-state index in [0.29, 0.717) is 17.2 Å². The maximum Gasteiger partial charge on any atom is 0.301 e. The standard InChI is InChI=1S/C18H19N4O3.ClH/c1-11-6-5-7-12(2)17(11)19-18-13(3)21(14(4)23)16-9-8-15(22(24)25)10-20(16)18;/h5-10,19H,1-4H3;1H/q+1;/p-1. The highest BCUT2D eigenvalue weighted by Gasteiger charge is 2.26. The summed E-state index contributed by atoms with van der Waals surface area (Å²) in [4.78, 5) is 22.8. The van der Waals surface area contributed by atoms with Crippen LogP contribution in [0.1, 0.15) is 28.5 Å². The van der Waals surface area contributed by atoms with Gasteiger partial charge in [0.05, 0.1) is 4.92 Å². The van der Waals surface area contributed by atoms with Crippen LogP contribution in [0.4, 0.5) is 17.2 Å². The van der Waals surface area contributed by atoms with Crippen molar-refractivity contribution in [3.05, 3.63) is 63.5 Å². The number of benzene rings is 1. The number of nitro groups is 1. The van der Waals surface area contributed by atoms with Gasteiger partial charge in [-0.25, -0.2) is 0 Å². The summed E-state index contributed by atoms with van der Waals surface area (Å²) >= 11 is 0. The molecule has 3 aromatic rings. The number of para-hydroxylation sites is 1. The van der Waals surface area contributed by atoms with Crippen molar-refractivity contribution >= 4 is 28.7 Å². The fourth-order valence-electron chi connectivity index (χ4n) is 3.08. The highest BCUT2D eigenvalue weighted by molar-refractivity contribution is 5.82. The Balaban J connectivity index is 0.00000243. The van der Waals surface area contributed by atoms with Gasteiger partial charge in [-0.2, -0.15) is 8.97 Å². The third kappa shape index (κ3) is 3.13. The van der Waals surface area contributed by atoms with Crippen molar-refractivity contribution in [2.75, 3.05) is 5.32 Å². The molecule has 0 saturated carbocycles. The minimum absolute atomic E-state index is 0. The molecule has 0 spiro atoms. The summed E-state index contributed by atoms with van der Waals surface area (Å²) in [7, 11) is 0. The Kier molecular flexibility index (Phi) is 5.32. The number of imidazole rings is 1. The molecule has 136 valence electrons. The summed E-state index contributed by atoms with van der Waals surface area (Å²) in [5.41, 5.74) is 4.25. The van der Waals surface area contributed by atoms with Crippen LogP contribution in [0, 0.1) is 30.9 Å². The molecule has 7 nitrogen and oxygen atoms in total. The molecule has 0 aliphatic heterocycles. The fraction of sp³-hybridized carbons (Fsp3) is 0.222. The summed E-state index contributed by atoms with van der Waals surface area (Å²) in [5.74, 6) is 0.477. The van der Waals surface area contributed by atoms with E-state index in [2.05, 4.69) is 5.32 Å². The molecule has 0 bridgehead atoms. The van der Waals surface area contributed by atoms with Crippen LogP contribution < -0.4 is 22.1 Å². The molecule has 0 amide bonds. The molecule has 0 aliphatic carbocycles. The van der Waals surface area contributed by atoms with Crippen molar-refractivity contribution in [2.24, 2.45) is 0 Å². The molecule has 0 fully saturated rings. The summed E-state index contributed by atoms with van der Waals surface area (Å²) in [5, 5.41) is 14.5. The van der Waals surface area contributed by atoms with Gasteiger partial charge in [0.15, 0.2) is 5.69 Å². The van der Waals surface area contributed by atoms with Crippen LogP contribution in [-0.4, -0.2) is 15.4 Å². The van der Waals surface area contributed by atoms with Gasteiger partial charge in [-0.1, -0.05) is 18.2 Å². The lowest BCUT2D eigenvalue weighted by molar-refractivity contribution is -0.504. The number of carbonyl (C=O) groups excluding carboxylic acids is 1. The van der Waals surface area contributed by atoms with Crippen molar-refractivity contribution < 1.29 is 26.5 Å². The van der Waals surface area contributed by atoms with Crippen molar-refractivity contribution in [2.45, 2.75) is 27.7 Å². The number of pyridine rings is 1. The molecule has 0 aliphatic rings. The highest BCUT2D eigenvalue weighted by Crippen LogP contribution is 2.26. The van der Waals surface area contributed by atoms with Gasteiger partial charge in [-0.05, 0) is 31.9 Å². The molecule has 8 heteroatoms. The number of fused-ring (bicyclic) bond motifs is 1. The Bertz CT molecular complexity index is 1010. The van der Waals surface area contributed by atoms with Crippen molar-refractivity contribution in [3.63, 3.8) is 0 Å². The number of nitrogens with zero attached hydrogens (tertiary/aromatic N) is 3. The molecule has 0 unspecified atom stereocenters. The molecular weight excluding hydrogens is 356 g/mol. The van der Waals surface area contributed by atoms with Crippen LogP contribution >= 0.6 is 0 Å². The number of hydrogen-bond donors (Lipinski definition) is 1. The summed E-state index contributed by atoms with van der Waals surface area (Å²) < 4.78 is 3.19.